The molecule has 0 bridgehead atoms. The second kappa shape index (κ2) is 6.30. The van der Waals surface area contributed by atoms with Crippen LogP contribution in [0.3, 0.4) is 0 Å². The van der Waals surface area contributed by atoms with Crippen molar-refractivity contribution in [2.75, 3.05) is 25.6 Å². The normalized spacial score (nSPS) is 19.3. The van der Waals surface area contributed by atoms with E-state index in [0.717, 1.165) is 19.4 Å². The van der Waals surface area contributed by atoms with Crippen molar-refractivity contribution in [1.82, 2.24) is 9.97 Å². The average molecular weight is 251 g/mol. The first-order chi connectivity index (χ1) is 8.79. The highest BCUT2D eigenvalue weighted by molar-refractivity contribution is 5.87. The van der Waals surface area contributed by atoms with Gasteiger partial charge < -0.3 is 14.8 Å². The van der Waals surface area contributed by atoms with Crippen molar-refractivity contribution >= 4 is 11.8 Å². The van der Waals surface area contributed by atoms with E-state index >= 15 is 0 Å². The Bertz CT molecular complexity index is 405. The summed E-state index contributed by atoms with van der Waals surface area (Å²) in [6.07, 6.45) is 6.55. The van der Waals surface area contributed by atoms with Gasteiger partial charge in [0.25, 0.3) is 0 Å². The lowest BCUT2D eigenvalue weighted by Gasteiger charge is -2.22. The summed E-state index contributed by atoms with van der Waals surface area (Å²) >= 11 is 0. The number of methoxy groups -OCH3 is 1. The van der Waals surface area contributed by atoms with E-state index in [-0.39, 0.29) is 11.8 Å². The summed E-state index contributed by atoms with van der Waals surface area (Å²) in [5.41, 5.74) is 0.201. The summed E-state index contributed by atoms with van der Waals surface area (Å²) in [4.78, 5) is 19.4. The molecule has 1 N–H and O–H groups in total. The van der Waals surface area contributed by atoms with Crippen molar-refractivity contribution in [1.29, 1.82) is 0 Å². The van der Waals surface area contributed by atoms with Gasteiger partial charge in [0.2, 0.25) is 0 Å². The molecular weight excluding hydrogens is 234 g/mol. The summed E-state index contributed by atoms with van der Waals surface area (Å²) in [7, 11) is 1.32. The Labute approximate surface area is 106 Å². The fourth-order valence-electron chi connectivity index (χ4n) is 1.84. The van der Waals surface area contributed by atoms with E-state index in [1.54, 1.807) is 6.20 Å². The van der Waals surface area contributed by atoms with Crippen LogP contribution in [-0.2, 0) is 9.47 Å². The van der Waals surface area contributed by atoms with Gasteiger partial charge in [-0.25, -0.2) is 9.78 Å². The van der Waals surface area contributed by atoms with Gasteiger partial charge in [-0.15, -0.1) is 0 Å². The zero-order valence-electron chi connectivity index (χ0n) is 10.4. The minimum atomic E-state index is -0.486. The molecule has 1 aliphatic heterocycles. The smallest absolute Gasteiger partial charge is 0.358 e. The zero-order valence-corrected chi connectivity index (χ0v) is 10.4. The molecule has 0 spiro atoms. The van der Waals surface area contributed by atoms with Gasteiger partial charge in [0.1, 0.15) is 5.82 Å². The van der Waals surface area contributed by atoms with Gasteiger partial charge in [-0.2, -0.15) is 0 Å². The molecule has 1 aromatic heterocycles. The van der Waals surface area contributed by atoms with Crippen LogP contribution in [0, 0.1) is 0 Å². The number of hydrogen-bond acceptors (Lipinski definition) is 6. The second-order valence-corrected chi connectivity index (χ2v) is 4.15. The molecule has 1 aromatic rings. The monoisotopic (exact) mass is 251 g/mol. The van der Waals surface area contributed by atoms with Gasteiger partial charge in [0.05, 0.1) is 25.6 Å². The Morgan fingerprint density at radius 1 is 1.56 bits per heavy atom. The van der Waals surface area contributed by atoms with Crippen LogP contribution in [0.5, 0.6) is 0 Å². The molecule has 1 aliphatic rings. The van der Waals surface area contributed by atoms with Crippen LogP contribution in [0.2, 0.25) is 0 Å². The minimum Gasteiger partial charge on any atom is -0.464 e. The number of rotatable bonds is 4. The molecule has 1 saturated heterocycles. The zero-order chi connectivity index (χ0) is 12.8. The number of anilines is 1. The van der Waals surface area contributed by atoms with Gasteiger partial charge in [-0.05, 0) is 19.3 Å². The van der Waals surface area contributed by atoms with E-state index in [1.165, 1.54) is 19.7 Å². The first kappa shape index (κ1) is 12.8. The quantitative estimate of drug-likeness (QED) is 0.812. The van der Waals surface area contributed by atoms with Crippen LogP contribution in [0.15, 0.2) is 12.4 Å². The number of ether oxygens (including phenoxy) is 2. The SMILES string of the molecule is COC(=O)c1cncc(NCC2CCCCO2)n1. The summed E-state index contributed by atoms with van der Waals surface area (Å²) in [6, 6.07) is 0. The second-order valence-electron chi connectivity index (χ2n) is 4.15. The number of hydrogen-bond donors (Lipinski definition) is 1. The number of carbonyl (C=O) groups excluding carboxylic acids is 1. The first-order valence-electron chi connectivity index (χ1n) is 6.05. The molecule has 0 radical (unpaired) electrons. The molecule has 0 aromatic carbocycles. The summed E-state index contributed by atoms with van der Waals surface area (Å²) in [6.45, 7) is 1.50. The van der Waals surface area contributed by atoms with Crippen molar-refractivity contribution < 1.29 is 14.3 Å². The lowest BCUT2D eigenvalue weighted by atomic mass is 10.1. The number of aromatic nitrogens is 2. The van der Waals surface area contributed by atoms with Crippen molar-refractivity contribution in [3.05, 3.63) is 18.1 Å². The highest BCUT2D eigenvalue weighted by Gasteiger charge is 2.14. The standard InChI is InChI=1S/C12H17N3O3/c1-17-12(16)10-7-13-8-11(15-10)14-6-9-4-2-3-5-18-9/h7-9H,2-6H2,1H3,(H,14,15). The molecule has 0 saturated carbocycles. The molecule has 98 valence electrons. The van der Waals surface area contributed by atoms with Gasteiger partial charge in [-0.3, -0.25) is 4.98 Å². The molecule has 1 atom stereocenters. The third-order valence-corrected chi connectivity index (χ3v) is 2.81. The van der Waals surface area contributed by atoms with Gasteiger partial charge in [-0.1, -0.05) is 0 Å². The molecule has 18 heavy (non-hydrogen) atoms. The van der Waals surface area contributed by atoms with E-state index in [4.69, 9.17) is 4.74 Å². The van der Waals surface area contributed by atoms with Gasteiger partial charge >= 0.3 is 5.97 Å². The van der Waals surface area contributed by atoms with E-state index in [9.17, 15) is 4.79 Å². The van der Waals surface area contributed by atoms with Crippen molar-refractivity contribution in [3.63, 3.8) is 0 Å². The number of carbonyl (C=O) groups is 1. The highest BCUT2D eigenvalue weighted by Crippen LogP contribution is 2.13. The molecule has 1 unspecified atom stereocenters. The molecule has 0 aliphatic carbocycles. The molecular formula is C12H17N3O3. The Kier molecular flexibility index (Phi) is 4.46. The first-order valence-corrected chi connectivity index (χ1v) is 6.05. The van der Waals surface area contributed by atoms with Crippen LogP contribution >= 0.6 is 0 Å². The van der Waals surface area contributed by atoms with Gasteiger partial charge in [0, 0.05) is 13.2 Å². The Hall–Kier alpha value is -1.69. The minimum absolute atomic E-state index is 0.201. The lowest BCUT2D eigenvalue weighted by molar-refractivity contribution is 0.0247. The Balaban J connectivity index is 1.90. The van der Waals surface area contributed by atoms with E-state index < -0.39 is 5.97 Å². The molecule has 6 nitrogen and oxygen atoms in total. The average Bonchev–Trinajstić information content (AvgIpc) is 2.45. The molecule has 1 fully saturated rings. The van der Waals surface area contributed by atoms with E-state index in [0.29, 0.717) is 12.4 Å². The topological polar surface area (TPSA) is 73.3 Å². The number of nitrogens with zero attached hydrogens (tertiary/aromatic N) is 2. The van der Waals surface area contributed by atoms with E-state index in [2.05, 4.69) is 20.0 Å². The van der Waals surface area contributed by atoms with Crippen molar-refractivity contribution in [2.24, 2.45) is 0 Å². The molecule has 2 heterocycles. The number of esters is 1. The third kappa shape index (κ3) is 3.40. The van der Waals surface area contributed by atoms with Crippen LogP contribution in [-0.4, -0.2) is 42.3 Å². The summed E-state index contributed by atoms with van der Waals surface area (Å²) in [5.74, 6) is 0.0761. The lowest BCUT2D eigenvalue weighted by Crippen LogP contribution is -2.27. The van der Waals surface area contributed by atoms with Crippen molar-refractivity contribution in [3.8, 4) is 0 Å². The molecule has 6 heteroatoms. The maximum atomic E-state index is 11.3. The molecule has 0 amide bonds. The largest absolute Gasteiger partial charge is 0.464 e. The maximum absolute atomic E-state index is 11.3. The van der Waals surface area contributed by atoms with Crippen LogP contribution in [0.1, 0.15) is 29.8 Å². The van der Waals surface area contributed by atoms with Crippen LogP contribution < -0.4 is 5.32 Å². The summed E-state index contributed by atoms with van der Waals surface area (Å²) in [5, 5.41) is 3.13. The Morgan fingerprint density at radius 2 is 2.44 bits per heavy atom. The third-order valence-electron chi connectivity index (χ3n) is 2.81. The summed E-state index contributed by atoms with van der Waals surface area (Å²) < 4.78 is 10.2. The van der Waals surface area contributed by atoms with Gasteiger partial charge in [0.15, 0.2) is 5.69 Å². The predicted molar refractivity (Wildman–Crippen MR) is 65.5 cm³/mol. The highest BCUT2D eigenvalue weighted by atomic mass is 16.5. The van der Waals surface area contributed by atoms with E-state index in [1.807, 2.05) is 0 Å². The van der Waals surface area contributed by atoms with Crippen LogP contribution in [0.25, 0.3) is 0 Å². The number of nitrogens with one attached hydrogen (secondary N) is 1. The fourth-order valence-corrected chi connectivity index (χ4v) is 1.84. The fraction of sp³-hybridized carbons (Fsp3) is 0.583. The van der Waals surface area contributed by atoms with Crippen molar-refractivity contribution in [2.45, 2.75) is 25.4 Å². The van der Waals surface area contributed by atoms with Crippen LogP contribution in [0.4, 0.5) is 5.82 Å². The predicted octanol–water partition coefficient (Wildman–Crippen LogP) is 1.24. The molecule has 2 rings (SSSR count). The maximum Gasteiger partial charge on any atom is 0.358 e. The Morgan fingerprint density at radius 3 is 3.17 bits per heavy atom.